The Labute approximate surface area is 106 Å². The number of hydrogen-bond acceptors (Lipinski definition) is 4. The Morgan fingerprint density at radius 2 is 2.24 bits per heavy atom. The molecule has 0 aliphatic heterocycles. The molecule has 0 saturated heterocycles. The number of fused-ring (bicyclic) bond motifs is 1. The molecule has 1 N–H and O–H groups in total. The first-order valence-corrected chi connectivity index (χ1v) is 5.61. The zero-order valence-corrected chi connectivity index (χ0v) is 10.6. The van der Waals surface area contributed by atoms with Gasteiger partial charge in [-0.2, -0.15) is 4.98 Å². The molecule has 1 heterocycles. The van der Waals surface area contributed by atoms with Crippen molar-refractivity contribution in [3.8, 4) is 5.88 Å². The number of hydrogen-bond donors (Lipinski definition) is 1. The molecular formula is C11H9BrN2O3. The van der Waals surface area contributed by atoms with Gasteiger partial charge >= 0.3 is 5.97 Å². The number of nitrogens with zero attached hydrogens (tertiary/aromatic N) is 2. The number of carbonyl (C=O) groups is 1. The maximum atomic E-state index is 10.6. The van der Waals surface area contributed by atoms with Gasteiger partial charge < -0.3 is 9.84 Å². The Balaban J connectivity index is 2.61. The van der Waals surface area contributed by atoms with Crippen molar-refractivity contribution in [3.63, 3.8) is 0 Å². The number of methoxy groups -OCH3 is 1. The first-order valence-electron chi connectivity index (χ1n) is 4.82. The molecule has 2 aromatic rings. The lowest BCUT2D eigenvalue weighted by molar-refractivity contribution is -0.136. The zero-order valence-electron chi connectivity index (χ0n) is 8.98. The molecule has 0 saturated carbocycles. The van der Waals surface area contributed by atoms with Crippen molar-refractivity contribution in [1.82, 2.24) is 9.97 Å². The number of aliphatic carboxylic acids is 1. The molecule has 2 rings (SSSR count). The molecule has 17 heavy (non-hydrogen) atoms. The average Bonchev–Trinajstić information content (AvgIpc) is 2.27. The fourth-order valence-electron chi connectivity index (χ4n) is 1.49. The summed E-state index contributed by atoms with van der Waals surface area (Å²) in [6.07, 6.45) is -0.220. The molecule has 5 nitrogen and oxygen atoms in total. The second-order valence-corrected chi connectivity index (χ2v) is 4.30. The Morgan fingerprint density at radius 3 is 2.88 bits per heavy atom. The third kappa shape index (κ3) is 2.52. The lowest BCUT2D eigenvalue weighted by Gasteiger charge is -2.06. The minimum Gasteiger partial charge on any atom is -0.481 e. The highest BCUT2D eigenvalue weighted by atomic mass is 79.9. The molecule has 0 aliphatic carbocycles. The number of carboxylic acid groups (broad SMARTS) is 1. The summed E-state index contributed by atoms with van der Waals surface area (Å²) >= 11 is 3.35. The molecule has 1 aromatic heterocycles. The second kappa shape index (κ2) is 4.67. The van der Waals surface area contributed by atoms with Crippen molar-refractivity contribution in [3.05, 3.63) is 28.5 Å². The molecule has 1 aromatic carbocycles. The van der Waals surface area contributed by atoms with Gasteiger partial charge in [0.25, 0.3) is 0 Å². The summed E-state index contributed by atoms with van der Waals surface area (Å²) in [7, 11) is 1.49. The molecule has 0 unspecified atom stereocenters. The number of rotatable bonds is 3. The largest absolute Gasteiger partial charge is 0.481 e. The van der Waals surface area contributed by atoms with Crippen molar-refractivity contribution in [2.45, 2.75) is 6.42 Å². The summed E-state index contributed by atoms with van der Waals surface area (Å²) in [5.41, 5.74) is 0.663. The van der Waals surface area contributed by atoms with Crippen LogP contribution in [0.2, 0.25) is 0 Å². The van der Waals surface area contributed by atoms with Crippen LogP contribution in [0.15, 0.2) is 22.7 Å². The van der Waals surface area contributed by atoms with E-state index in [1.54, 1.807) is 6.07 Å². The summed E-state index contributed by atoms with van der Waals surface area (Å²) < 4.78 is 6.03. The van der Waals surface area contributed by atoms with E-state index >= 15 is 0 Å². The summed E-state index contributed by atoms with van der Waals surface area (Å²) in [5.74, 6) is -0.347. The Bertz CT molecular complexity index is 586. The maximum absolute atomic E-state index is 10.6. The molecule has 0 amide bonds. The highest BCUT2D eigenvalue weighted by molar-refractivity contribution is 9.10. The maximum Gasteiger partial charge on any atom is 0.311 e. The number of carboxylic acids is 1. The summed E-state index contributed by atoms with van der Waals surface area (Å²) in [4.78, 5) is 18.9. The lowest BCUT2D eigenvalue weighted by Crippen LogP contribution is -2.06. The van der Waals surface area contributed by atoms with Crippen LogP contribution in [-0.2, 0) is 11.2 Å². The van der Waals surface area contributed by atoms with Gasteiger partial charge in [-0.05, 0) is 18.2 Å². The Kier molecular flexibility index (Phi) is 3.23. The van der Waals surface area contributed by atoms with E-state index in [1.807, 2.05) is 12.1 Å². The number of halogens is 1. The summed E-state index contributed by atoms with van der Waals surface area (Å²) in [5, 5.41) is 9.46. The third-order valence-corrected chi connectivity index (χ3v) is 2.67. The lowest BCUT2D eigenvalue weighted by atomic mass is 10.2. The quantitative estimate of drug-likeness (QED) is 0.938. The first kappa shape index (κ1) is 11.8. The first-order chi connectivity index (χ1) is 8.10. The van der Waals surface area contributed by atoms with Gasteiger partial charge in [-0.25, -0.2) is 4.98 Å². The Morgan fingerprint density at radius 1 is 1.47 bits per heavy atom. The number of aromatic nitrogens is 2. The van der Waals surface area contributed by atoms with Crippen LogP contribution in [0.4, 0.5) is 0 Å². The van der Waals surface area contributed by atoms with Crippen LogP contribution in [0.3, 0.4) is 0 Å². The molecule has 0 aliphatic rings. The van der Waals surface area contributed by atoms with Crippen molar-refractivity contribution >= 4 is 32.8 Å². The molecule has 0 fully saturated rings. The van der Waals surface area contributed by atoms with E-state index in [4.69, 9.17) is 9.84 Å². The van der Waals surface area contributed by atoms with E-state index < -0.39 is 5.97 Å². The van der Waals surface area contributed by atoms with Crippen LogP contribution in [0.5, 0.6) is 5.88 Å². The highest BCUT2D eigenvalue weighted by Crippen LogP contribution is 2.25. The van der Waals surface area contributed by atoms with Gasteiger partial charge in [0, 0.05) is 4.47 Å². The molecule has 6 heteroatoms. The fourth-order valence-corrected chi connectivity index (χ4v) is 1.85. The molecular weight excluding hydrogens is 288 g/mol. The van der Waals surface area contributed by atoms with E-state index in [1.165, 1.54) is 7.11 Å². The van der Waals surface area contributed by atoms with Gasteiger partial charge in [-0.15, -0.1) is 0 Å². The van der Waals surface area contributed by atoms with Gasteiger partial charge in [0.1, 0.15) is 12.2 Å². The van der Waals surface area contributed by atoms with Gasteiger partial charge in [-0.1, -0.05) is 15.9 Å². The number of benzene rings is 1. The van der Waals surface area contributed by atoms with E-state index in [9.17, 15) is 4.79 Å². The van der Waals surface area contributed by atoms with E-state index in [0.29, 0.717) is 11.4 Å². The normalized spacial score (nSPS) is 10.5. The standard InChI is InChI=1S/C11H9BrN2O3/c1-17-11-7-4-6(12)2-3-8(7)13-9(14-11)5-10(15)16/h2-4H,5H2,1H3,(H,15,16). The van der Waals surface area contributed by atoms with Gasteiger partial charge in [0.05, 0.1) is 18.0 Å². The highest BCUT2D eigenvalue weighted by Gasteiger charge is 2.10. The van der Waals surface area contributed by atoms with Crippen molar-refractivity contribution in [1.29, 1.82) is 0 Å². The average molecular weight is 297 g/mol. The van der Waals surface area contributed by atoms with Crippen LogP contribution in [0.25, 0.3) is 10.9 Å². The van der Waals surface area contributed by atoms with Crippen molar-refractivity contribution < 1.29 is 14.6 Å². The van der Waals surface area contributed by atoms with Crippen LogP contribution >= 0.6 is 15.9 Å². The van der Waals surface area contributed by atoms with Gasteiger partial charge in [0.2, 0.25) is 5.88 Å². The molecule has 88 valence electrons. The molecule has 0 atom stereocenters. The molecule has 0 radical (unpaired) electrons. The van der Waals surface area contributed by atoms with Crippen LogP contribution in [0.1, 0.15) is 5.82 Å². The van der Waals surface area contributed by atoms with E-state index in [2.05, 4.69) is 25.9 Å². The minimum atomic E-state index is -0.969. The summed E-state index contributed by atoms with van der Waals surface area (Å²) in [6.45, 7) is 0. The van der Waals surface area contributed by atoms with E-state index in [0.717, 1.165) is 9.86 Å². The zero-order chi connectivity index (χ0) is 12.4. The number of ether oxygens (including phenoxy) is 1. The van der Waals surface area contributed by atoms with Gasteiger partial charge in [-0.3, -0.25) is 4.79 Å². The fraction of sp³-hybridized carbons (Fsp3) is 0.182. The van der Waals surface area contributed by atoms with Gasteiger partial charge in [0.15, 0.2) is 0 Å². The topological polar surface area (TPSA) is 72.3 Å². The monoisotopic (exact) mass is 296 g/mol. The third-order valence-electron chi connectivity index (χ3n) is 2.17. The van der Waals surface area contributed by atoms with Crippen molar-refractivity contribution in [2.24, 2.45) is 0 Å². The SMILES string of the molecule is COc1nc(CC(=O)O)nc2ccc(Br)cc12. The molecule has 0 spiro atoms. The van der Waals surface area contributed by atoms with Crippen LogP contribution in [0, 0.1) is 0 Å². The second-order valence-electron chi connectivity index (χ2n) is 3.38. The molecule has 0 bridgehead atoms. The van der Waals surface area contributed by atoms with E-state index in [-0.39, 0.29) is 12.2 Å². The predicted octanol–water partition coefficient (Wildman–Crippen LogP) is 2.03. The Hall–Kier alpha value is -1.69. The van der Waals surface area contributed by atoms with Crippen LogP contribution in [-0.4, -0.2) is 28.2 Å². The van der Waals surface area contributed by atoms with Crippen molar-refractivity contribution in [2.75, 3.05) is 7.11 Å². The minimum absolute atomic E-state index is 0.220. The predicted molar refractivity (Wildman–Crippen MR) is 65.1 cm³/mol. The van der Waals surface area contributed by atoms with Crippen LogP contribution < -0.4 is 4.74 Å². The smallest absolute Gasteiger partial charge is 0.311 e. The summed E-state index contributed by atoms with van der Waals surface area (Å²) in [6, 6.07) is 5.45.